The number of hydrogen-bond donors (Lipinski definition) is 0. The Morgan fingerprint density at radius 1 is 0.757 bits per heavy atom. The Hall–Kier alpha value is -2.14. The zero-order valence-corrected chi connectivity index (χ0v) is 24.4. The van der Waals surface area contributed by atoms with Crippen molar-refractivity contribution in [2.24, 2.45) is 0 Å². The average Bonchev–Trinajstić information content (AvgIpc) is 3.43. The fourth-order valence-corrected chi connectivity index (χ4v) is 5.39. The Bertz CT molecular complexity index is 853. The van der Waals surface area contributed by atoms with Gasteiger partial charge in [-0.1, -0.05) is 114 Å². The summed E-state index contributed by atoms with van der Waals surface area (Å²) >= 11 is 1.67. The number of nitrogens with zero attached hydrogens (tertiary/aromatic N) is 2. The number of carbonyl (C=O) groups excluding carboxylic acids is 2. The predicted molar refractivity (Wildman–Crippen MR) is 158 cm³/mol. The van der Waals surface area contributed by atoms with Gasteiger partial charge in [-0.15, -0.1) is 11.3 Å². The standard InChI is InChI=1S/C32H50N2O2S/c1-4-6-7-8-9-10-11-12-13-14-18-23-31(35)34(28(3)5-2)27-32(36)33(26-30-22-19-24-37-30)25-29-20-16-15-17-21-29/h15-17,19-22,24,28H,4-14,18,23,25-27H2,1-3H3. The van der Waals surface area contributed by atoms with Gasteiger partial charge in [-0.3, -0.25) is 9.59 Å². The number of unbranched alkanes of at least 4 members (excludes halogenated alkanes) is 10. The smallest absolute Gasteiger partial charge is 0.242 e. The summed E-state index contributed by atoms with van der Waals surface area (Å²) in [5.41, 5.74) is 1.11. The Labute approximate surface area is 230 Å². The van der Waals surface area contributed by atoms with Gasteiger partial charge < -0.3 is 9.80 Å². The van der Waals surface area contributed by atoms with Crippen molar-refractivity contribution in [2.45, 2.75) is 123 Å². The summed E-state index contributed by atoms with van der Waals surface area (Å²) in [6.07, 6.45) is 15.3. The van der Waals surface area contributed by atoms with Crippen LogP contribution in [0.2, 0.25) is 0 Å². The van der Waals surface area contributed by atoms with Gasteiger partial charge in [0.25, 0.3) is 0 Å². The van der Waals surface area contributed by atoms with E-state index in [1.165, 1.54) is 57.8 Å². The van der Waals surface area contributed by atoms with E-state index in [2.05, 4.69) is 39.0 Å². The molecule has 0 saturated carbocycles. The van der Waals surface area contributed by atoms with E-state index in [-0.39, 0.29) is 24.4 Å². The maximum atomic E-state index is 13.5. The average molecular weight is 527 g/mol. The first-order valence-corrected chi connectivity index (χ1v) is 15.6. The molecule has 0 saturated heterocycles. The van der Waals surface area contributed by atoms with Crippen LogP contribution in [-0.4, -0.2) is 34.2 Å². The van der Waals surface area contributed by atoms with E-state index < -0.39 is 0 Å². The number of amides is 2. The van der Waals surface area contributed by atoms with Gasteiger partial charge >= 0.3 is 0 Å². The number of carbonyl (C=O) groups is 2. The lowest BCUT2D eigenvalue weighted by molar-refractivity contribution is -0.143. The predicted octanol–water partition coefficient (Wildman–Crippen LogP) is 8.61. The minimum absolute atomic E-state index is 0.0184. The quantitative estimate of drug-likeness (QED) is 0.162. The third-order valence-corrected chi connectivity index (χ3v) is 8.10. The van der Waals surface area contributed by atoms with Gasteiger partial charge in [0.2, 0.25) is 11.8 Å². The molecular weight excluding hydrogens is 476 g/mol. The minimum atomic E-state index is 0.0184. The SMILES string of the molecule is CCCCCCCCCCCCCC(=O)N(CC(=O)N(Cc1ccccc1)Cc1cccs1)C(C)CC. The summed E-state index contributed by atoms with van der Waals surface area (Å²) in [6, 6.07) is 14.3. The first-order chi connectivity index (χ1) is 18.0. The largest absolute Gasteiger partial charge is 0.332 e. The van der Waals surface area contributed by atoms with Crippen molar-refractivity contribution in [1.29, 1.82) is 0 Å². The lowest BCUT2D eigenvalue weighted by Gasteiger charge is -2.31. The lowest BCUT2D eigenvalue weighted by Crippen LogP contribution is -2.46. The molecule has 1 atom stereocenters. The fraction of sp³-hybridized carbons (Fsp3) is 0.625. The van der Waals surface area contributed by atoms with Crippen LogP contribution in [0.25, 0.3) is 0 Å². The summed E-state index contributed by atoms with van der Waals surface area (Å²) < 4.78 is 0. The van der Waals surface area contributed by atoms with E-state index in [0.717, 1.165) is 29.7 Å². The fourth-order valence-electron chi connectivity index (χ4n) is 4.67. The lowest BCUT2D eigenvalue weighted by atomic mass is 10.0. The summed E-state index contributed by atoms with van der Waals surface area (Å²) in [5.74, 6) is 0.138. The van der Waals surface area contributed by atoms with E-state index in [0.29, 0.717) is 19.5 Å². The molecule has 2 amide bonds. The summed E-state index contributed by atoms with van der Waals surface area (Å²) in [4.78, 5) is 31.6. The Morgan fingerprint density at radius 3 is 1.95 bits per heavy atom. The second kappa shape index (κ2) is 19.0. The van der Waals surface area contributed by atoms with Crippen molar-refractivity contribution < 1.29 is 9.59 Å². The second-order valence-electron chi connectivity index (χ2n) is 10.4. The van der Waals surface area contributed by atoms with Gasteiger partial charge in [-0.05, 0) is 36.8 Å². The Kier molecular flexibility index (Phi) is 16.0. The van der Waals surface area contributed by atoms with Crippen LogP contribution in [0.4, 0.5) is 0 Å². The van der Waals surface area contributed by atoms with Crippen LogP contribution < -0.4 is 0 Å². The molecule has 1 unspecified atom stereocenters. The van der Waals surface area contributed by atoms with Gasteiger partial charge in [-0.25, -0.2) is 0 Å². The zero-order chi connectivity index (χ0) is 26.7. The third-order valence-electron chi connectivity index (χ3n) is 7.24. The molecule has 0 N–H and O–H groups in total. The van der Waals surface area contributed by atoms with Crippen LogP contribution in [0.15, 0.2) is 47.8 Å². The zero-order valence-electron chi connectivity index (χ0n) is 23.6. The van der Waals surface area contributed by atoms with Crippen LogP contribution in [0.5, 0.6) is 0 Å². The van der Waals surface area contributed by atoms with Crippen LogP contribution in [0.3, 0.4) is 0 Å². The molecule has 0 aliphatic rings. The molecule has 1 heterocycles. The number of thiophene rings is 1. The molecule has 0 bridgehead atoms. The minimum Gasteiger partial charge on any atom is -0.332 e. The van der Waals surface area contributed by atoms with E-state index in [1.54, 1.807) is 11.3 Å². The van der Waals surface area contributed by atoms with E-state index in [1.807, 2.05) is 39.4 Å². The third kappa shape index (κ3) is 12.8. The van der Waals surface area contributed by atoms with Gasteiger partial charge in [-0.2, -0.15) is 0 Å². The molecule has 37 heavy (non-hydrogen) atoms. The highest BCUT2D eigenvalue weighted by Gasteiger charge is 2.25. The normalized spacial score (nSPS) is 11.9. The molecule has 5 heteroatoms. The number of benzene rings is 1. The molecule has 206 valence electrons. The van der Waals surface area contributed by atoms with E-state index in [9.17, 15) is 9.59 Å². The molecule has 0 aliphatic carbocycles. The highest BCUT2D eigenvalue weighted by atomic mass is 32.1. The molecule has 0 radical (unpaired) electrons. The molecule has 4 nitrogen and oxygen atoms in total. The first kappa shape index (κ1) is 31.1. The Morgan fingerprint density at radius 2 is 1.38 bits per heavy atom. The topological polar surface area (TPSA) is 40.6 Å². The van der Waals surface area contributed by atoms with Crippen molar-refractivity contribution in [3.05, 3.63) is 58.3 Å². The van der Waals surface area contributed by atoms with Crippen molar-refractivity contribution in [3.63, 3.8) is 0 Å². The van der Waals surface area contributed by atoms with Gasteiger partial charge in [0.1, 0.15) is 6.54 Å². The molecular formula is C32H50N2O2S. The van der Waals surface area contributed by atoms with Crippen molar-refractivity contribution in [2.75, 3.05) is 6.54 Å². The van der Waals surface area contributed by atoms with Crippen molar-refractivity contribution in [3.8, 4) is 0 Å². The summed E-state index contributed by atoms with van der Waals surface area (Å²) in [6.45, 7) is 7.70. The molecule has 0 spiro atoms. The van der Waals surface area contributed by atoms with Crippen LogP contribution >= 0.6 is 11.3 Å². The van der Waals surface area contributed by atoms with Gasteiger partial charge in [0.05, 0.1) is 6.54 Å². The molecule has 0 fully saturated rings. The van der Waals surface area contributed by atoms with Crippen LogP contribution in [0.1, 0.15) is 115 Å². The highest BCUT2D eigenvalue weighted by molar-refractivity contribution is 7.09. The maximum Gasteiger partial charge on any atom is 0.242 e. The monoisotopic (exact) mass is 526 g/mol. The van der Waals surface area contributed by atoms with Crippen LogP contribution in [0, 0.1) is 0 Å². The Balaban J connectivity index is 1.82. The van der Waals surface area contributed by atoms with E-state index >= 15 is 0 Å². The first-order valence-electron chi connectivity index (χ1n) is 14.7. The van der Waals surface area contributed by atoms with Crippen molar-refractivity contribution >= 4 is 23.2 Å². The molecule has 1 aromatic carbocycles. The number of hydrogen-bond acceptors (Lipinski definition) is 3. The number of rotatable bonds is 20. The highest BCUT2D eigenvalue weighted by Crippen LogP contribution is 2.17. The molecule has 2 aromatic rings. The molecule has 2 rings (SSSR count). The van der Waals surface area contributed by atoms with Gasteiger partial charge in [0, 0.05) is 23.9 Å². The van der Waals surface area contributed by atoms with Crippen molar-refractivity contribution in [1.82, 2.24) is 9.80 Å². The van der Waals surface area contributed by atoms with E-state index in [4.69, 9.17) is 0 Å². The summed E-state index contributed by atoms with van der Waals surface area (Å²) in [7, 11) is 0. The molecule has 0 aliphatic heterocycles. The van der Waals surface area contributed by atoms with Crippen LogP contribution in [-0.2, 0) is 22.7 Å². The molecule has 1 aromatic heterocycles. The second-order valence-corrected chi connectivity index (χ2v) is 11.4. The van der Waals surface area contributed by atoms with Gasteiger partial charge in [0.15, 0.2) is 0 Å². The maximum absolute atomic E-state index is 13.5. The summed E-state index contributed by atoms with van der Waals surface area (Å²) in [5, 5.41) is 2.04.